The van der Waals surface area contributed by atoms with Crippen molar-refractivity contribution in [2.75, 3.05) is 6.54 Å². The molecule has 2 nitrogen and oxygen atoms in total. The molecule has 1 aromatic heterocycles. The number of aromatic nitrogens is 1. The molecule has 1 aliphatic rings. The predicted octanol–water partition coefficient (Wildman–Crippen LogP) is 3.68. The van der Waals surface area contributed by atoms with E-state index in [2.05, 4.69) is 40.2 Å². The lowest BCUT2D eigenvalue weighted by Gasteiger charge is -2.20. The van der Waals surface area contributed by atoms with Gasteiger partial charge in [0, 0.05) is 19.3 Å². The summed E-state index contributed by atoms with van der Waals surface area (Å²) in [6.45, 7) is 3.11. The Hall–Kier alpha value is -1.38. The summed E-state index contributed by atoms with van der Waals surface area (Å²) in [7, 11) is 0. The Morgan fingerprint density at radius 3 is 2.74 bits per heavy atom. The van der Waals surface area contributed by atoms with Crippen molar-refractivity contribution in [1.82, 2.24) is 9.88 Å². The molecule has 0 amide bonds. The molecule has 0 saturated heterocycles. The molecule has 0 spiro atoms. The normalized spacial score (nSPS) is 15.8. The first-order valence-corrected chi connectivity index (χ1v) is 7.08. The number of pyridine rings is 1. The van der Waals surface area contributed by atoms with Crippen LogP contribution in [0.5, 0.6) is 0 Å². The van der Waals surface area contributed by atoms with Crippen molar-refractivity contribution in [1.29, 1.82) is 0 Å². The van der Waals surface area contributed by atoms with E-state index in [1.807, 2.05) is 12.3 Å². The second kappa shape index (κ2) is 5.72. The molecule has 3 heteroatoms. The van der Waals surface area contributed by atoms with E-state index in [0.717, 1.165) is 19.6 Å². The maximum absolute atomic E-state index is 5.82. The summed E-state index contributed by atoms with van der Waals surface area (Å²) in [4.78, 5) is 6.63. The third-order valence-electron chi connectivity index (χ3n) is 3.63. The van der Waals surface area contributed by atoms with Gasteiger partial charge in [0.15, 0.2) is 0 Å². The summed E-state index contributed by atoms with van der Waals surface area (Å²) < 4.78 is 0. The summed E-state index contributed by atoms with van der Waals surface area (Å²) in [6.07, 6.45) is 4.28. The lowest BCUT2D eigenvalue weighted by atomic mass is 10.0. The highest BCUT2D eigenvalue weighted by molar-refractivity contribution is 6.29. The van der Waals surface area contributed by atoms with Crippen LogP contribution in [0.1, 0.15) is 23.1 Å². The summed E-state index contributed by atoms with van der Waals surface area (Å²) in [5.74, 6) is 0. The van der Waals surface area contributed by atoms with Crippen LogP contribution in [0.25, 0.3) is 0 Å². The maximum Gasteiger partial charge on any atom is 0.129 e. The van der Waals surface area contributed by atoms with E-state index >= 15 is 0 Å². The Kier molecular flexibility index (Phi) is 3.81. The highest BCUT2D eigenvalue weighted by Gasteiger charge is 2.14. The zero-order chi connectivity index (χ0) is 13.1. The van der Waals surface area contributed by atoms with Crippen LogP contribution < -0.4 is 0 Å². The van der Waals surface area contributed by atoms with Crippen LogP contribution in [0.3, 0.4) is 0 Å². The van der Waals surface area contributed by atoms with Crippen molar-refractivity contribution in [3.63, 3.8) is 0 Å². The molecule has 0 bridgehead atoms. The lowest BCUT2D eigenvalue weighted by molar-refractivity contribution is 0.261. The molecule has 0 fully saturated rings. The number of benzene rings is 1. The Labute approximate surface area is 119 Å². The smallest absolute Gasteiger partial charge is 0.129 e. The fourth-order valence-electron chi connectivity index (χ4n) is 2.66. The van der Waals surface area contributed by atoms with Crippen LogP contribution >= 0.6 is 11.6 Å². The van der Waals surface area contributed by atoms with Gasteiger partial charge in [-0.1, -0.05) is 41.9 Å². The van der Waals surface area contributed by atoms with Crippen LogP contribution in [0.4, 0.5) is 0 Å². The van der Waals surface area contributed by atoms with Gasteiger partial charge in [0.2, 0.25) is 0 Å². The van der Waals surface area contributed by atoms with Crippen LogP contribution in [0.2, 0.25) is 5.15 Å². The molecule has 2 heterocycles. The molecule has 98 valence electrons. The molecule has 1 aromatic carbocycles. The number of fused-ring (bicyclic) bond motifs is 1. The van der Waals surface area contributed by atoms with Gasteiger partial charge in [-0.15, -0.1) is 0 Å². The highest BCUT2D eigenvalue weighted by Crippen LogP contribution is 2.20. The average molecular weight is 273 g/mol. The van der Waals surface area contributed by atoms with E-state index in [4.69, 9.17) is 11.6 Å². The first kappa shape index (κ1) is 12.6. The number of nitrogens with zero attached hydrogens (tertiary/aromatic N) is 2. The molecular formula is C16H17ClN2. The van der Waals surface area contributed by atoms with E-state index < -0.39 is 0 Å². The summed E-state index contributed by atoms with van der Waals surface area (Å²) in [5.41, 5.74) is 4.19. The fourth-order valence-corrected chi connectivity index (χ4v) is 2.77. The zero-order valence-corrected chi connectivity index (χ0v) is 11.6. The van der Waals surface area contributed by atoms with Crippen molar-refractivity contribution in [2.24, 2.45) is 0 Å². The van der Waals surface area contributed by atoms with E-state index in [-0.39, 0.29) is 0 Å². The van der Waals surface area contributed by atoms with Gasteiger partial charge >= 0.3 is 0 Å². The van der Waals surface area contributed by atoms with Gasteiger partial charge in [-0.05, 0) is 42.1 Å². The second-order valence-corrected chi connectivity index (χ2v) is 5.46. The molecular weight excluding hydrogens is 256 g/mol. The Morgan fingerprint density at radius 1 is 1.11 bits per heavy atom. The summed E-state index contributed by atoms with van der Waals surface area (Å²) in [6, 6.07) is 12.7. The molecule has 0 saturated carbocycles. The van der Waals surface area contributed by atoms with Crippen molar-refractivity contribution in [2.45, 2.75) is 25.9 Å². The molecule has 3 rings (SSSR count). The van der Waals surface area contributed by atoms with Crippen molar-refractivity contribution < 1.29 is 0 Å². The van der Waals surface area contributed by atoms with Crippen LogP contribution in [-0.2, 0) is 19.5 Å². The lowest BCUT2D eigenvalue weighted by Crippen LogP contribution is -2.22. The van der Waals surface area contributed by atoms with Crippen LogP contribution in [-0.4, -0.2) is 16.4 Å². The third-order valence-corrected chi connectivity index (χ3v) is 3.85. The van der Waals surface area contributed by atoms with Crippen molar-refractivity contribution in [3.05, 3.63) is 64.4 Å². The highest BCUT2D eigenvalue weighted by atomic mass is 35.5. The monoisotopic (exact) mass is 272 g/mol. The van der Waals surface area contributed by atoms with Gasteiger partial charge in [-0.3, -0.25) is 4.90 Å². The van der Waals surface area contributed by atoms with Gasteiger partial charge < -0.3 is 0 Å². The SMILES string of the molecule is Clc1ccc(CN2CCCc3ccccc3C2)cn1. The van der Waals surface area contributed by atoms with Gasteiger partial charge in [0.05, 0.1) is 0 Å². The molecule has 19 heavy (non-hydrogen) atoms. The molecule has 2 aromatic rings. The first-order valence-electron chi connectivity index (χ1n) is 6.71. The number of rotatable bonds is 2. The third kappa shape index (κ3) is 3.14. The molecule has 0 aliphatic carbocycles. The summed E-state index contributed by atoms with van der Waals surface area (Å²) >= 11 is 5.82. The maximum atomic E-state index is 5.82. The van der Waals surface area contributed by atoms with Gasteiger partial charge in [-0.25, -0.2) is 4.98 Å². The van der Waals surface area contributed by atoms with Crippen molar-refractivity contribution >= 4 is 11.6 Å². The van der Waals surface area contributed by atoms with E-state index in [0.29, 0.717) is 5.15 Å². The fraction of sp³-hybridized carbons (Fsp3) is 0.312. The Morgan fingerprint density at radius 2 is 1.95 bits per heavy atom. The number of hydrogen-bond donors (Lipinski definition) is 0. The average Bonchev–Trinajstić information content (AvgIpc) is 2.63. The zero-order valence-electron chi connectivity index (χ0n) is 10.8. The van der Waals surface area contributed by atoms with Crippen LogP contribution in [0, 0.1) is 0 Å². The van der Waals surface area contributed by atoms with E-state index in [1.165, 1.54) is 29.5 Å². The van der Waals surface area contributed by atoms with Gasteiger partial charge in [-0.2, -0.15) is 0 Å². The topological polar surface area (TPSA) is 16.1 Å². The van der Waals surface area contributed by atoms with Gasteiger partial charge in [0.25, 0.3) is 0 Å². The van der Waals surface area contributed by atoms with Crippen molar-refractivity contribution in [3.8, 4) is 0 Å². The number of hydrogen-bond acceptors (Lipinski definition) is 2. The summed E-state index contributed by atoms with van der Waals surface area (Å²) in [5, 5.41) is 0.560. The quantitative estimate of drug-likeness (QED) is 0.775. The first-order chi connectivity index (χ1) is 9.31. The standard InChI is InChI=1S/C16H17ClN2/c17-16-8-7-13(10-18-16)11-19-9-3-6-14-4-1-2-5-15(14)12-19/h1-2,4-5,7-8,10H,3,6,9,11-12H2. The second-order valence-electron chi connectivity index (χ2n) is 5.07. The molecule has 1 aliphatic heterocycles. The Balaban J connectivity index is 1.74. The molecule has 0 atom stereocenters. The largest absolute Gasteiger partial charge is 0.295 e. The van der Waals surface area contributed by atoms with Gasteiger partial charge in [0.1, 0.15) is 5.15 Å². The van der Waals surface area contributed by atoms with E-state index in [1.54, 1.807) is 0 Å². The predicted molar refractivity (Wildman–Crippen MR) is 78.1 cm³/mol. The minimum absolute atomic E-state index is 0.560. The number of aryl methyl sites for hydroxylation is 1. The van der Waals surface area contributed by atoms with Crippen LogP contribution in [0.15, 0.2) is 42.6 Å². The molecule has 0 N–H and O–H groups in total. The minimum Gasteiger partial charge on any atom is -0.295 e. The molecule has 0 unspecified atom stereocenters. The van der Waals surface area contributed by atoms with E-state index in [9.17, 15) is 0 Å². The number of halogens is 1. The molecule has 0 radical (unpaired) electrons. The minimum atomic E-state index is 0.560. The Bertz CT molecular complexity index is 551.